The monoisotopic (exact) mass is 233 g/mol. The van der Waals surface area contributed by atoms with E-state index in [0.29, 0.717) is 0 Å². The van der Waals surface area contributed by atoms with E-state index < -0.39 is 0 Å². The van der Waals surface area contributed by atoms with Crippen molar-refractivity contribution in [1.82, 2.24) is 19.4 Å². The lowest BCUT2D eigenvalue weighted by molar-refractivity contribution is 0.112. The van der Waals surface area contributed by atoms with Gasteiger partial charge in [-0.15, -0.1) is 0 Å². The number of hydrogen-bond acceptors (Lipinski definition) is 4. The van der Waals surface area contributed by atoms with Crippen LogP contribution in [-0.2, 0) is 13.6 Å². The highest BCUT2D eigenvalue weighted by molar-refractivity contribution is 4.94. The van der Waals surface area contributed by atoms with Crippen LogP contribution in [0.5, 0.6) is 0 Å². The molecule has 1 atom stereocenters. The fraction of sp³-hybridized carbons (Fsp3) is 0.667. The molecular weight excluding hydrogens is 214 g/mol. The van der Waals surface area contributed by atoms with Crippen LogP contribution in [0.4, 0.5) is 0 Å². The summed E-state index contributed by atoms with van der Waals surface area (Å²) in [4.78, 5) is 8.96. The van der Waals surface area contributed by atoms with E-state index in [0.717, 1.165) is 38.5 Å². The Kier molecular flexibility index (Phi) is 3.77. The molecule has 0 amide bonds. The van der Waals surface area contributed by atoms with Crippen molar-refractivity contribution in [2.24, 2.45) is 7.05 Å². The Morgan fingerprint density at radius 3 is 2.65 bits per heavy atom. The molecular formula is C12H19N5. The lowest BCUT2D eigenvalue weighted by atomic mass is 10.2. The highest BCUT2D eigenvalue weighted by atomic mass is 15.3. The fourth-order valence-electron chi connectivity index (χ4n) is 2.14. The maximum Gasteiger partial charge on any atom is 0.122 e. The van der Waals surface area contributed by atoms with Gasteiger partial charge in [-0.3, -0.25) is 9.80 Å². The van der Waals surface area contributed by atoms with Crippen LogP contribution < -0.4 is 0 Å². The molecule has 2 rings (SSSR count). The molecule has 1 aromatic rings. The normalized spacial score (nSPS) is 20.1. The summed E-state index contributed by atoms with van der Waals surface area (Å²) in [7, 11) is 2.02. The smallest absolute Gasteiger partial charge is 0.122 e. The summed E-state index contributed by atoms with van der Waals surface area (Å²) in [6, 6.07) is 2.33. The second-order valence-corrected chi connectivity index (χ2v) is 4.57. The van der Waals surface area contributed by atoms with Gasteiger partial charge in [-0.25, -0.2) is 4.98 Å². The molecule has 1 aliphatic heterocycles. The molecule has 1 saturated heterocycles. The molecule has 17 heavy (non-hydrogen) atoms. The first-order chi connectivity index (χ1) is 8.20. The van der Waals surface area contributed by atoms with Crippen LogP contribution in [0.2, 0.25) is 0 Å². The quantitative estimate of drug-likeness (QED) is 0.760. The van der Waals surface area contributed by atoms with E-state index in [4.69, 9.17) is 5.26 Å². The Labute approximate surface area is 102 Å². The molecule has 0 bridgehead atoms. The van der Waals surface area contributed by atoms with Gasteiger partial charge in [-0.2, -0.15) is 5.26 Å². The summed E-state index contributed by atoms with van der Waals surface area (Å²) in [5, 5.41) is 8.88. The van der Waals surface area contributed by atoms with Gasteiger partial charge in [0.2, 0.25) is 0 Å². The maximum atomic E-state index is 8.88. The van der Waals surface area contributed by atoms with Crippen molar-refractivity contribution in [1.29, 1.82) is 5.26 Å². The molecule has 0 radical (unpaired) electrons. The zero-order valence-electron chi connectivity index (χ0n) is 10.5. The summed E-state index contributed by atoms with van der Waals surface area (Å²) in [6.45, 7) is 6.84. The molecule has 5 heteroatoms. The van der Waals surface area contributed by atoms with Crippen LogP contribution in [0, 0.1) is 11.3 Å². The first kappa shape index (κ1) is 12.1. The second-order valence-electron chi connectivity index (χ2n) is 4.57. The Hall–Kier alpha value is -1.38. The van der Waals surface area contributed by atoms with Crippen LogP contribution in [0.15, 0.2) is 12.4 Å². The number of nitriles is 1. The van der Waals surface area contributed by atoms with Crippen LogP contribution in [0.1, 0.15) is 12.7 Å². The number of rotatable bonds is 3. The van der Waals surface area contributed by atoms with Crippen molar-refractivity contribution < 1.29 is 0 Å². The minimum atomic E-state index is 0.0327. The van der Waals surface area contributed by atoms with Gasteiger partial charge in [0.05, 0.1) is 18.7 Å². The Morgan fingerprint density at radius 1 is 1.41 bits per heavy atom. The largest absolute Gasteiger partial charge is 0.337 e. The number of aromatic nitrogens is 2. The zero-order valence-corrected chi connectivity index (χ0v) is 10.5. The van der Waals surface area contributed by atoms with Gasteiger partial charge in [0.25, 0.3) is 0 Å². The van der Waals surface area contributed by atoms with Gasteiger partial charge in [-0.05, 0) is 6.92 Å². The average Bonchev–Trinajstić information content (AvgIpc) is 2.75. The van der Waals surface area contributed by atoms with Gasteiger partial charge in [0.1, 0.15) is 5.82 Å². The van der Waals surface area contributed by atoms with Crippen LogP contribution in [0.25, 0.3) is 0 Å². The zero-order chi connectivity index (χ0) is 12.3. The van der Waals surface area contributed by atoms with Crippen LogP contribution >= 0.6 is 0 Å². The van der Waals surface area contributed by atoms with E-state index in [1.165, 1.54) is 0 Å². The van der Waals surface area contributed by atoms with Crippen molar-refractivity contribution >= 4 is 0 Å². The highest BCUT2D eigenvalue weighted by Gasteiger charge is 2.21. The van der Waals surface area contributed by atoms with E-state index in [-0.39, 0.29) is 6.04 Å². The standard InChI is InChI=1S/C12H19N5/c1-11(9-13)17-7-5-16(6-8-17)10-12-14-3-4-15(12)2/h3-4,11H,5-8,10H2,1-2H3. The molecule has 0 aromatic carbocycles. The van der Waals surface area contributed by atoms with Crippen molar-refractivity contribution in [3.8, 4) is 6.07 Å². The molecule has 1 aromatic heterocycles. The van der Waals surface area contributed by atoms with E-state index in [9.17, 15) is 0 Å². The second kappa shape index (κ2) is 5.30. The average molecular weight is 233 g/mol. The molecule has 2 heterocycles. The minimum Gasteiger partial charge on any atom is -0.337 e. The van der Waals surface area contributed by atoms with Gasteiger partial charge in [0, 0.05) is 45.6 Å². The van der Waals surface area contributed by atoms with E-state index in [1.54, 1.807) is 0 Å². The molecule has 0 aliphatic carbocycles. The van der Waals surface area contributed by atoms with Crippen LogP contribution in [0.3, 0.4) is 0 Å². The number of piperazine rings is 1. The highest BCUT2D eigenvalue weighted by Crippen LogP contribution is 2.08. The topological polar surface area (TPSA) is 48.1 Å². The molecule has 1 fully saturated rings. The fourth-order valence-corrected chi connectivity index (χ4v) is 2.14. The minimum absolute atomic E-state index is 0.0327. The van der Waals surface area contributed by atoms with E-state index >= 15 is 0 Å². The molecule has 1 unspecified atom stereocenters. The van der Waals surface area contributed by atoms with Crippen LogP contribution in [-0.4, -0.2) is 51.6 Å². The summed E-state index contributed by atoms with van der Waals surface area (Å²) in [5.41, 5.74) is 0. The Bertz CT molecular complexity index is 397. The Morgan fingerprint density at radius 2 is 2.12 bits per heavy atom. The third kappa shape index (κ3) is 2.84. The molecule has 1 aliphatic rings. The van der Waals surface area contributed by atoms with Crippen molar-refractivity contribution in [3.63, 3.8) is 0 Å². The summed E-state index contributed by atoms with van der Waals surface area (Å²) < 4.78 is 2.06. The van der Waals surface area contributed by atoms with Crippen molar-refractivity contribution in [2.45, 2.75) is 19.5 Å². The Balaban J connectivity index is 1.84. The van der Waals surface area contributed by atoms with E-state index in [1.807, 2.05) is 26.4 Å². The van der Waals surface area contributed by atoms with Gasteiger partial charge in [-0.1, -0.05) is 0 Å². The van der Waals surface area contributed by atoms with Crippen molar-refractivity contribution in [3.05, 3.63) is 18.2 Å². The maximum absolute atomic E-state index is 8.88. The number of aryl methyl sites for hydroxylation is 1. The summed E-state index contributed by atoms with van der Waals surface area (Å²) >= 11 is 0. The first-order valence-electron chi connectivity index (χ1n) is 6.03. The predicted molar refractivity (Wildman–Crippen MR) is 65.1 cm³/mol. The SMILES string of the molecule is CC(C#N)N1CCN(Cc2nccn2C)CC1. The summed E-state index contributed by atoms with van der Waals surface area (Å²) in [5.74, 6) is 1.10. The number of imidazole rings is 1. The molecule has 5 nitrogen and oxygen atoms in total. The lowest BCUT2D eigenvalue weighted by Crippen LogP contribution is -2.49. The van der Waals surface area contributed by atoms with Gasteiger partial charge < -0.3 is 4.57 Å². The molecule has 0 saturated carbocycles. The molecule has 92 valence electrons. The summed E-state index contributed by atoms with van der Waals surface area (Å²) in [6.07, 6.45) is 3.81. The van der Waals surface area contributed by atoms with Gasteiger partial charge in [0.15, 0.2) is 0 Å². The predicted octanol–water partition coefficient (Wildman–Crippen LogP) is 0.450. The number of nitrogens with zero attached hydrogens (tertiary/aromatic N) is 5. The van der Waals surface area contributed by atoms with Gasteiger partial charge >= 0.3 is 0 Å². The third-order valence-electron chi connectivity index (χ3n) is 3.43. The molecule has 0 spiro atoms. The lowest BCUT2D eigenvalue weighted by Gasteiger charge is -2.35. The number of hydrogen-bond donors (Lipinski definition) is 0. The van der Waals surface area contributed by atoms with E-state index in [2.05, 4.69) is 25.4 Å². The molecule has 0 N–H and O–H groups in total. The first-order valence-corrected chi connectivity index (χ1v) is 6.03. The third-order valence-corrected chi connectivity index (χ3v) is 3.43. The van der Waals surface area contributed by atoms with Crippen molar-refractivity contribution in [2.75, 3.05) is 26.2 Å².